The van der Waals surface area contributed by atoms with E-state index >= 15 is 0 Å². The van der Waals surface area contributed by atoms with Gasteiger partial charge in [0.1, 0.15) is 6.61 Å². The Bertz CT molecular complexity index is 687. The molecule has 0 bridgehead atoms. The molecule has 3 aromatic rings. The van der Waals surface area contributed by atoms with E-state index in [1.165, 1.54) is 0 Å². The maximum Gasteiger partial charge on any atom is 0.154 e. The first-order chi connectivity index (χ1) is 10.9. The van der Waals surface area contributed by atoms with Crippen molar-refractivity contribution in [1.29, 1.82) is 0 Å². The van der Waals surface area contributed by atoms with Gasteiger partial charge in [-0.2, -0.15) is 0 Å². The zero-order chi connectivity index (χ0) is 15.0. The van der Waals surface area contributed by atoms with Crippen LogP contribution >= 0.6 is 0 Å². The highest BCUT2D eigenvalue weighted by molar-refractivity contribution is 6.10. The van der Waals surface area contributed by atoms with Gasteiger partial charge in [0.05, 0.1) is 11.4 Å². The van der Waals surface area contributed by atoms with Crippen molar-refractivity contribution in [3.05, 3.63) is 96.1 Å². The predicted octanol–water partition coefficient (Wildman–Crippen LogP) is 3.45. The van der Waals surface area contributed by atoms with Crippen LogP contribution in [-0.4, -0.2) is 15.7 Å². The molecule has 0 aliphatic carbocycles. The fraction of sp³-hybridized carbons (Fsp3) is 0.0556. The molecule has 0 amide bonds. The van der Waals surface area contributed by atoms with E-state index in [-0.39, 0.29) is 0 Å². The van der Waals surface area contributed by atoms with Gasteiger partial charge < -0.3 is 4.84 Å². The number of rotatable bonds is 5. The van der Waals surface area contributed by atoms with Crippen molar-refractivity contribution in [1.82, 2.24) is 9.97 Å². The average Bonchev–Trinajstić information content (AvgIpc) is 2.61. The van der Waals surface area contributed by atoms with Crippen LogP contribution in [0, 0.1) is 0 Å². The molecule has 0 N–H and O–H groups in total. The lowest BCUT2D eigenvalue weighted by atomic mass is 10.1. The van der Waals surface area contributed by atoms with Gasteiger partial charge in [-0.1, -0.05) is 47.6 Å². The maximum absolute atomic E-state index is 5.50. The van der Waals surface area contributed by atoms with Gasteiger partial charge in [-0.05, 0) is 29.8 Å². The lowest BCUT2D eigenvalue weighted by Gasteiger charge is -2.06. The van der Waals surface area contributed by atoms with E-state index in [1.807, 2.05) is 66.7 Å². The van der Waals surface area contributed by atoms with Gasteiger partial charge >= 0.3 is 0 Å². The van der Waals surface area contributed by atoms with E-state index in [0.29, 0.717) is 12.3 Å². The second kappa shape index (κ2) is 7.13. The second-order valence-corrected chi connectivity index (χ2v) is 4.63. The molecule has 2 aromatic heterocycles. The van der Waals surface area contributed by atoms with Crippen LogP contribution in [0.4, 0.5) is 0 Å². The van der Waals surface area contributed by atoms with Crippen molar-refractivity contribution in [3.8, 4) is 0 Å². The third-order valence-electron chi connectivity index (χ3n) is 3.04. The summed E-state index contributed by atoms with van der Waals surface area (Å²) in [7, 11) is 0. The Hall–Kier alpha value is -3.01. The minimum absolute atomic E-state index is 0.407. The van der Waals surface area contributed by atoms with Gasteiger partial charge in [-0.3, -0.25) is 9.97 Å². The summed E-state index contributed by atoms with van der Waals surface area (Å²) >= 11 is 0. The summed E-state index contributed by atoms with van der Waals surface area (Å²) in [4.78, 5) is 14.2. The number of hydrogen-bond acceptors (Lipinski definition) is 4. The van der Waals surface area contributed by atoms with Crippen molar-refractivity contribution in [2.24, 2.45) is 5.16 Å². The summed E-state index contributed by atoms with van der Waals surface area (Å²) < 4.78 is 0. The smallest absolute Gasteiger partial charge is 0.154 e. The molecule has 4 heteroatoms. The highest BCUT2D eigenvalue weighted by Gasteiger charge is 2.10. The standard InChI is InChI=1S/C18H15N3O/c1-2-8-15(9-3-1)14-22-21-18(16-10-4-6-12-19-16)17-11-5-7-13-20-17/h1-13H,14H2. The first-order valence-corrected chi connectivity index (χ1v) is 7.00. The number of hydrogen-bond donors (Lipinski definition) is 0. The molecular formula is C18H15N3O. The summed E-state index contributed by atoms with van der Waals surface area (Å²) in [5.74, 6) is 0. The van der Waals surface area contributed by atoms with Crippen molar-refractivity contribution >= 4 is 5.71 Å². The number of aromatic nitrogens is 2. The molecule has 0 fully saturated rings. The van der Waals surface area contributed by atoms with Gasteiger partial charge in [0, 0.05) is 12.4 Å². The van der Waals surface area contributed by atoms with Crippen LogP contribution in [-0.2, 0) is 11.4 Å². The Balaban J connectivity index is 1.84. The quantitative estimate of drug-likeness (QED) is 0.534. The van der Waals surface area contributed by atoms with Crippen LogP contribution in [0.1, 0.15) is 17.0 Å². The molecule has 0 unspecified atom stereocenters. The minimum Gasteiger partial charge on any atom is -0.390 e. The lowest BCUT2D eigenvalue weighted by Crippen LogP contribution is -2.08. The monoisotopic (exact) mass is 289 g/mol. The number of pyridine rings is 2. The molecule has 108 valence electrons. The molecule has 4 nitrogen and oxygen atoms in total. The normalized spacial score (nSPS) is 10.0. The molecule has 0 aliphatic heterocycles. The van der Waals surface area contributed by atoms with Crippen molar-refractivity contribution in [2.45, 2.75) is 6.61 Å². The van der Waals surface area contributed by atoms with Crippen molar-refractivity contribution in [3.63, 3.8) is 0 Å². The fourth-order valence-electron chi connectivity index (χ4n) is 1.98. The molecule has 3 rings (SSSR count). The van der Waals surface area contributed by atoms with Crippen molar-refractivity contribution < 1.29 is 4.84 Å². The number of oxime groups is 1. The van der Waals surface area contributed by atoms with Crippen molar-refractivity contribution in [2.75, 3.05) is 0 Å². The Morgan fingerprint density at radius 3 is 1.91 bits per heavy atom. The molecular weight excluding hydrogens is 274 g/mol. The molecule has 22 heavy (non-hydrogen) atoms. The maximum atomic E-state index is 5.50. The van der Waals surface area contributed by atoms with Gasteiger partial charge in [0.2, 0.25) is 0 Å². The van der Waals surface area contributed by atoms with E-state index < -0.39 is 0 Å². The predicted molar refractivity (Wildman–Crippen MR) is 85.3 cm³/mol. The molecule has 2 heterocycles. The van der Waals surface area contributed by atoms with Crippen LogP contribution in [0.5, 0.6) is 0 Å². The highest BCUT2D eigenvalue weighted by atomic mass is 16.6. The molecule has 0 saturated carbocycles. The van der Waals surface area contributed by atoms with Crippen LogP contribution in [0.2, 0.25) is 0 Å². The third kappa shape index (κ3) is 3.55. The molecule has 0 saturated heterocycles. The molecule has 0 aliphatic rings. The summed E-state index contributed by atoms with van der Waals surface area (Å²) in [5.41, 5.74) is 3.15. The van der Waals surface area contributed by atoms with Gasteiger partial charge in [0.15, 0.2) is 5.71 Å². The van der Waals surface area contributed by atoms with Crippen LogP contribution in [0.3, 0.4) is 0 Å². The second-order valence-electron chi connectivity index (χ2n) is 4.63. The minimum atomic E-state index is 0.407. The van der Waals surface area contributed by atoms with Crippen LogP contribution in [0.15, 0.2) is 84.3 Å². The Labute approximate surface area is 129 Å². The number of nitrogens with zero attached hydrogens (tertiary/aromatic N) is 3. The first kappa shape index (κ1) is 13.9. The molecule has 0 radical (unpaired) electrons. The van der Waals surface area contributed by atoms with E-state index in [4.69, 9.17) is 4.84 Å². The van der Waals surface area contributed by atoms with E-state index in [1.54, 1.807) is 12.4 Å². The van der Waals surface area contributed by atoms with Crippen LogP contribution in [0.25, 0.3) is 0 Å². The van der Waals surface area contributed by atoms with Gasteiger partial charge in [-0.25, -0.2) is 0 Å². The molecule has 0 spiro atoms. The van der Waals surface area contributed by atoms with E-state index in [9.17, 15) is 0 Å². The summed E-state index contributed by atoms with van der Waals surface area (Å²) in [6.45, 7) is 0.407. The highest BCUT2D eigenvalue weighted by Crippen LogP contribution is 2.08. The summed E-state index contributed by atoms with van der Waals surface area (Å²) in [6.07, 6.45) is 3.45. The SMILES string of the molecule is c1ccc(CON=C(c2ccccn2)c2ccccn2)cc1. The Morgan fingerprint density at radius 1 is 0.773 bits per heavy atom. The summed E-state index contributed by atoms with van der Waals surface area (Å²) in [6, 6.07) is 21.2. The van der Waals surface area contributed by atoms with Crippen LogP contribution < -0.4 is 0 Å². The van der Waals surface area contributed by atoms with Gasteiger partial charge in [-0.15, -0.1) is 0 Å². The average molecular weight is 289 g/mol. The first-order valence-electron chi connectivity index (χ1n) is 7.00. The third-order valence-corrected chi connectivity index (χ3v) is 3.04. The van der Waals surface area contributed by atoms with Gasteiger partial charge in [0.25, 0.3) is 0 Å². The molecule has 0 atom stereocenters. The zero-order valence-corrected chi connectivity index (χ0v) is 12.0. The number of benzene rings is 1. The Morgan fingerprint density at radius 2 is 1.36 bits per heavy atom. The largest absolute Gasteiger partial charge is 0.390 e. The fourth-order valence-corrected chi connectivity index (χ4v) is 1.98. The van der Waals surface area contributed by atoms with E-state index in [0.717, 1.165) is 17.0 Å². The van der Waals surface area contributed by atoms with E-state index in [2.05, 4.69) is 15.1 Å². The summed E-state index contributed by atoms with van der Waals surface area (Å²) in [5, 5.41) is 4.25. The Kier molecular flexibility index (Phi) is 4.52. The lowest BCUT2D eigenvalue weighted by molar-refractivity contribution is 0.131. The molecule has 1 aromatic carbocycles. The topological polar surface area (TPSA) is 47.4 Å². The zero-order valence-electron chi connectivity index (χ0n) is 12.0.